The Morgan fingerprint density at radius 1 is 0.719 bits per heavy atom. The summed E-state index contributed by atoms with van der Waals surface area (Å²) in [5, 5.41) is 3.67. The van der Waals surface area contributed by atoms with Gasteiger partial charge in [0.15, 0.2) is 0 Å². The molecule has 1 aromatic carbocycles. The largest absolute Gasteiger partial charge is 0.310 e. The Balaban J connectivity index is 2.03. The van der Waals surface area contributed by atoms with E-state index in [1.165, 1.54) is 108 Å². The summed E-state index contributed by atoms with van der Waals surface area (Å²) in [5.74, 6) is 0.885. The second kappa shape index (κ2) is 19.6. The number of benzene rings is 1. The molecule has 0 spiro atoms. The fourth-order valence-electron chi connectivity index (χ4n) is 4.75. The zero-order valence-corrected chi connectivity index (χ0v) is 22.3. The summed E-state index contributed by atoms with van der Waals surface area (Å²) in [6, 6.07) is 11.0. The van der Waals surface area contributed by atoms with Crippen LogP contribution in [0.2, 0.25) is 0 Å². The van der Waals surface area contributed by atoms with Gasteiger partial charge in [-0.2, -0.15) is 0 Å². The normalized spacial score (nSPS) is 13.5. The Hall–Kier alpha value is -0.860. The van der Waals surface area contributed by atoms with Gasteiger partial charge in [0, 0.05) is 5.56 Å². The summed E-state index contributed by atoms with van der Waals surface area (Å²) in [6.45, 7) is 11.6. The minimum atomic E-state index is 0.885. The van der Waals surface area contributed by atoms with E-state index in [9.17, 15) is 0 Å². The van der Waals surface area contributed by atoms with E-state index in [2.05, 4.69) is 63.5 Å². The van der Waals surface area contributed by atoms with Gasteiger partial charge in [0.25, 0.3) is 0 Å². The maximum Gasteiger partial charge on any atom is 0.132 e. The van der Waals surface area contributed by atoms with E-state index in [0.29, 0.717) is 0 Å². The Morgan fingerprint density at radius 2 is 1.22 bits per heavy atom. The second-order valence-electron chi connectivity index (χ2n) is 10.9. The van der Waals surface area contributed by atoms with Gasteiger partial charge in [-0.15, -0.1) is 0 Å². The highest BCUT2D eigenvalue weighted by atomic mass is 15.4. The SMILES string of the molecule is CCCNC[N+](C)(CCCCCCCCCCCCCCCC(C)C)Cc1ccccc1. The molecule has 0 saturated carbocycles. The smallest absolute Gasteiger partial charge is 0.132 e. The molecule has 0 heterocycles. The maximum absolute atomic E-state index is 3.67. The molecular formula is C30H57N2+. The van der Waals surface area contributed by atoms with Gasteiger partial charge in [0.1, 0.15) is 13.2 Å². The molecule has 0 bridgehead atoms. The Morgan fingerprint density at radius 3 is 1.72 bits per heavy atom. The first-order chi connectivity index (χ1) is 15.6. The van der Waals surface area contributed by atoms with Crippen LogP contribution in [-0.4, -0.2) is 31.3 Å². The van der Waals surface area contributed by atoms with Crippen molar-refractivity contribution in [2.45, 2.75) is 124 Å². The van der Waals surface area contributed by atoms with E-state index >= 15 is 0 Å². The van der Waals surface area contributed by atoms with Crippen LogP contribution in [-0.2, 0) is 6.54 Å². The number of hydrogen-bond acceptors (Lipinski definition) is 1. The summed E-state index contributed by atoms with van der Waals surface area (Å²) in [6.07, 6.45) is 21.3. The molecule has 2 nitrogen and oxygen atoms in total. The van der Waals surface area contributed by atoms with Crippen LogP contribution in [0.4, 0.5) is 0 Å². The number of rotatable bonds is 22. The summed E-state index contributed by atoms with van der Waals surface area (Å²) >= 11 is 0. The van der Waals surface area contributed by atoms with Gasteiger partial charge in [0.2, 0.25) is 0 Å². The zero-order valence-electron chi connectivity index (χ0n) is 22.3. The Labute approximate surface area is 202 Å². The third-order valence-corrected chi connectivity index (χ3v) is 6.81. The third-order valence-electron chi connectivity index (χ3n) is 6.81. The molecule has 186 valence electrons. The van der Waals surface area contributed by atoms with Crippen LogP contribution in [0.15, 0.2) is 30.3 Å². The van der Waals surface area contributed by atoms with Crippen LogP contribution in [0.25, 0.3) is 0 Å². The van der Waals surface area contributed by atoms with Crippen LogP contribution in [0.1, 0.15) is 123 Å². The molecule has 1 unspecified atom stereocenters. The third kappa shape index (κ3) is 16.7. The second-order valence-corrected chi connectivity index (χ2v) is 10.9. The van der Waals surface area contributed by atoms with Crippen molar-refractivity contribution in [1.29, 1.82) is 0 Å². The first-order valence-corrected chi connectivity index (χ1v) is 14.1. The minimum absolute atomic E-state index is 0.885. The zero-order chi connectivity index (χ0) is 23.3. The first-order valence-electron chi connectivity index (χ1n) is 14.1. The molecule has 1 N–H and O–H groups in total. The quantitative estimate of drug-likeness (QED) is 0.107. The highest BCUT2D eigenvalue weighted by molar-refractivity contribution is 5.13. The van der Waals surface area contributed by atoms with Crippen LogP contribution in [0.5, 0.6) is 0 Å². The molecule has 0 amide bonds. The fraction of sp³-hybridized carbons (Fsp3) is 0.800. The molecule has 0 aliphatic rings. The van der Waals surface area contributed by atoms with Crippen LogP contribution >= 0.6 is 0 Å². The molecule has 2 heteroatoms. The number of quaternary nitrogens is 1. The van der Waals surface area contributed by atoms with Gasteiger partial charge >= 0.3 is 0 Å². The van der Waals surface area contributed by atoms with E-state index < -0.39 is 0 Å². The van der Waals surface area contributed by atoms with Crippen molar-refractivity contribution < 1.29 is 4.48 Å². The van der Waals surface area contributed by atoms with Crippen LogP contribution in [0, 0.1) is 5.92 Å². The lowest BCUT2D eigenvalue weighted by atomic mass is 10.0. The predicted molar refractivity (Wildman–Crippen MR) is 144 cm³/mol. The molecule has 0 radical (unpaired) electrons. The van der Waals surface area contributed by atoms with Gasteiger partial charge in [-0.1, -0.05) is 128 Å². The molecule has 1 rings (SSSR count). The van der Waals surface area contributed by atoms with Crippen LogP contribution < -0.4 is 5.32 Å². The van der Waals surface area contributed by atoms with E-state index in [1.807, 2.05) is 0 Å². The van der Waals surface area contributed by atoms with E-state index in [4.69, 9.17) is 0 Å². The molecule has 1 aromatic rings. The lowest BCUT2D eigenvalue weighted by Gasteiger charge is -2.35. The first kappa shape index (κ1) is 29.2. The van der Waals surface area contributed by atoms with Crippen molar-refractivity contribution in [3.05, 3.63) is 35.9 Å². The lowest BCUT2D eigenvalue weighted by molar-refractivity contribution is -0.925. The molecule has 0 aliphatic carbocycles. The average Bonchev–Trinajstić information content (AvgIpc) is 2.77. The molecule has 0 fully saturated rings. The molecule has 32 heavy (non-hydrogen) atoms. The molecule has 1 atom stereocenters. The summed E-state index contributed by atoms with van der Waals surface area (Å²) < 4.78 is 1.11. The molecule has 0 aliphatic heterocycles. The van der Waals surface area contributed by atoms with Crippen molar-refractivity contribution in [1.82, 2.24) is 5.32 Å². The number of nitrogens with one attached hydrogen (secondary N) is 1. The van der Waals surface area contributed by atoms with Gasteiger partial charge in [0.05, 0.1) is 13.6 Å². The molecule has 0 aromatic heterocycles. The summed E-state index contributed by atoms with van der Waals surface area (Å²) in [7, 11) is 2.43. The van der Waals surface area contributed by atoms with E-state index in [-0.39, 0.29) is 0 Å². The Bertz CT molecular complexity index is 513. The molecule has 0 saturated heterocycles. The lowest BCUT2D eigenvalue weighted by Crippen LogP contribution is -2.50. The van der Waals surface area contributed by atoms with E-state index in [1.54, 1.807) is 0 Å². The monoisotopic (exact) mass is 445 g/mol. The minimum Gasteiger partial charge on any atom is -0.310 e. The Kier molecular flexibility index (Phi) is 17.9. The van der Waals surface area contributed by atoms with Gasteiger partial charge < -0.3 is 4.48 Å². The van der Waals surface area contributed by atoms with Crippen LogP contribution in [0.3, 0.4) is 0 Å². The predicted octanol–water partition coefficient (Wildman–Crippen LogP) is 8.71. The van der Waals surface area contributed by atoms with Crippen molar-refractivity contribution >= 4 is 0 Å². The molecular weight excluding hydrogens is 388 g/mol. The fourth-order valence-corrected chi connectivity index (χ4v) is 4.75. The maximum atomic E-state index is 3.67. The number of nitrogens with zero attached hydrogens (tertiary/aromatic N) is 1. The van der Waals surface area contributed by atoms with Crippen molar-refractivity contribution in [3.63, 3.8) is 0 Å². The number of hydrogen-bond donors (Lipinski definition) is 1. The van der Waals surface area contributed by atoms with Crippen molar-refractivity contribution in [3.8, 4) is 0 Å². The summed E-state index contributed by atoms with van der Waals surface area (Å²) in [4.78, 5) is 0. The van der Waals surface area contributed by atoms with Crippen molar-refractivity contribution in [2.24, 2.45) is 5.92 Å². The summed E-state index contributed by atoms with van der Waals surface area (Å²) in [5.41, 5.74) is 1.46. The average molecular weight is 446 g/mol. The topological polar surface area (TPSA) is 12.0 Å². The van der Waals surface area contributed by atoms with Crippen molar-refractivity contribution in [2.75, 3.05) is 26.8 Å². The number of unbranched alkanes of at least 4 members (excludes halogenated alkanes) is 12. The van der Waals surface area contributed by atoms with Gasteiger partial charge in [-0.25, -0.2) is 0 Å². The van der Waals surface area contributed by atoms with Gasteiger partial charge in [-0.05, 0) is 31.7 Å². The van der Waals surface area contributed by atoms with Gasteiger partial charge in [-0.3, -0.25) is 5.32 Å². The highest BCUT2D eigenvalue weighted by Gasteiger charge is 2.21. The highest BCUT2D eigenvalue weighted by Crippen LogP contribution is 2.16. The van der Waals surface area contributed by atoms with E-state index in [0.717, 1.165) is 30.2 Å². The standard InChI is InChI=1S/C30H57N2/c1-5-25-31-28-32(4,27-30-23-19-17-20-24-30)26-21-16-14-12-10-8-6-7-9-11-13-15-18-22-29(2)3/h17,19-20,23-24,29,31H,5-16,18,21-22,25-28H2,1-4H3/q+1.